The molecule has 3 nitrogen and oxygen atoms in total. The van der Waals surface area contributed by atoms with Gasteiger partial charge < -0.3 is 10.9 Å². The fourth-order valence-electron chi connectivity index (χ4n) is 10.5. The lowest BCUT2D eigenvalue weighted by Gasteiger charge is -2.57. The molecule has 4 bridgehead atoms. The lowest BCUT2D eigenvalue weighted by atomic mass is 9.47. The highest BCUT2D eigenvalue weighted by Crippen LogP contribution is 2.64. The topological polar surface area (TPSA) is 58.6 Å². The first-order valence-corrected chi connectivity index (χ1v) is 13.1. The van der Waals surface area contributed by atoms with Crippen LogP contribution < -0.4 is 5.84 Å². The summed E-state index contributed by atoms with van der Waals surface area (Å²) >= 11 is 0. The van der Waals surface area contributed by atoms with Crippen molar-refractivity contribution in [2.24, 2.45) is 45.9 Å². The third-order valence-corrected chi connectivity index (χ3v) is 11.3. The van der Waals surface area contributed by atoms with Crippen LogP contribution in [0.2, 0.25) is 0 Å². The zero-order valence-corrected chi connectivity index (χ0v) is 19.1. The molecule has 0 radical (unpaired) electrons. The van der Waals surface area contributed by atoms with Gasteiger partial charge in [0.2, 0.25) is 0 Å². The van der Waals surface area contributed by atoms with E-state index >= 15 is 0 Å². The molecule has 3 N–H and O–H groups in total. The average molecular weight is 419 g/mol. The monoisotopic (exact) mass is 418 g/mol. The first kappa shape index (κ1) is 19.0. The SMILES string of the molecule is C[C@]12CCC3c4cc(C56CC7CC(CC(C7)C5)C6)c(O)cc4CCC3C1CC/C2=N\N. The highest BCUT2D eigenvalue weighted by molar-refractivity contribution is 5.92. The van der Waals surface area contributed by atoms with Gasteiger partial charge in [-0.3, -0.25) is 0 Å². The van der Waals surface area contributed by atoms with E-state index in [0.29, 0.717) is 11.7 Å². The van der Waals surface area contributed by atoms with Crippen LogP contribution in [0.5, 0.6) is 5.75 Å². The smallest absolute Gasteiger partial charge is 0.119 e. The van der Waals surface area contributed by atoms with Crippen molar-refractivity contribution in [3.63, 3.8) is 0 Å². The van der Waals surface area contributed by atoms with E-state index in [4.69, 9.17) is 5.84 Å². The quantitative estimate of drug-likeness (QED) is 0.432. The van der Waals surface area contributed by atoms with E-state index in [1.165, 1.54) is 81.0 Å². The Bertz CT molecular complexity index is 929. The maximum Gasteiger partial charge on any atom is 0.119 e. The molecule has 7 aliphatic carbocycles. The van der Waals surface area contributed by atoms with Gasteiger partial charge in [-0.1, -0.05) is 13.0 Å². The molecule has 7 aliphatic rings. The number of aromatic hydroxyl groups is 1. The number of hydrogen-bond donors (Lipinski definition) is 2. The normalized spacial score (nSPS) is 48.5. The second kappa shape index (κ2) is 6.29. The van der Waals surface area contributed by atoms with E-state index in [-0.39, 0.29) is 10.8 Å². The van der Waals surface area contributed by atoms with E-state index in [2.05, 4.69) is 24.2 Å². The van der Waals surface area contributed by atoms with Gasteiger partial charge in [-0.2, -0.15) is 5.10 Å². The number of fused-ring (bicyclic) bond motifs is 5. The number of phenolic OH excluding ortho intramolecular Hbond substituents is 1. The number of aryl methyl sites for hydroxylation is 1. The van der Waals surface area contributed by atoms with E-state index < -0.39 is 0 Å². The van der Waals surface area contributed by atoms with Crippen molar-refractivity contribution in [1.82, 2.24) is 0 Å². The minimum Gasteiger partial charge on any atom is -0.508 e. The van der Waals surface area contributed by atoms with Crippen molar-refractivity contribution in [2.75, 3.05) is 0 Å². The first-order valence-electron chi connectivity index (χ1n) is 13.1. The zero-order chi connectivity index (χ0) is 21.0. The number of benzene rings is 1. The Hall–Kier alpha value is -1.51. The second-order valence-electron chi connectivity index (χ2n) is 12.8. The van der Waals surface area contributed by atoms with Crippen molar-refractivity contribution in [3.05, 3.63) is 28.8 Å². The van der Waals surface area contributed by atoms with Crippen LogP contribution in [0.1, 0.15) is 100 Å². The van der Waals surface area contributed by atoms with Gasteiger partial charge in [0.1, 0.15) is 5.75 Å². The van der Waals surface area contributed by atoms with Crippen molar-refractivity contribution in [2.45, 2.75) is 95.3 Å². The molecule has 1 aromatic rings. The Morgan fingerprint density at radius 1 is 0.968 bits per heavy atom. The lowest BCUT2D eigenvalue weighted by molar-refractivity contribution is -0.00627. The van der Waals surface area contributed by atoms with Crippen LogP contribution in [0.3, 0.4) is 0 Å². The van der Waals surface area contributed by atoms with Crippen LogP contribution in [-0.2, 0) is 11.8 Å². The van der Waals surface area contributed by atoms with Crippen LogP contribution >= 0.6 is 0 Å². The van der Waals surface area contributed by atoms with Crippen LogP contribution in [0.15, 0.2) is 17.2 Å². The van der Waals surface area contributed by atoms with E-state index in [0.717, 1.165) is 42.4 Å². The van der Waals surface area contributed by atoms with Crippen LogP contribution in [0, 0.1) is 35.0 Å². The molecule has 0 aromatic heterocycles. The molecule has 0 saturated heterocycles. The summed E-state index contributed by atoms with van der Waals surface area (Å²) in [7, 11) is 0. The second-order valence-corrected chi connectivity index (χ2v) is 12.8. The van der Waals surface area contributed by atoms with E-state index in [1.54, 1.807) is 5.56 Å². The van der Waals surface area contributed by atoms with Gasteiger partial charge in [0.15, 0.2) is 0 Å². The average Bonchev–Trinajstić information content (AvgIpc) is 3.08. The van der Waals surface area contributed by atoms with Gasteiger partial charge in [0, 0.05) is 16.7 Å². The highest BCUT2D eigenvalue weighted by Gasteiger charge is 2.55. The van der Waals surface area contributed by atoms with Crippen LogP contribution in [-0.4, -0.2) is 10.8 Å². The summed E-state index contributed by atoms with van der Waals surface area (Å²) in [6, 6.07) is 4.75. The Balaban J connectivity index is 1.28. The summed E-state index contributed by atoms with van der Waals surface area (Å²) in [5, 5.41) is 15.5. The predicted octanol–water partition coefficient (Wildman–Crippen LogP) is 6.03. The number of phenols is 1. The maximum absolute atomic E-state index is 11.3. The van der Waals surface area contributed by atoms with Gasteiger partial charge in [-0.15, -0.1) is 0 Å². The molecule has 0 amide bonds. The van der Waals surface area contributed by atoms with Crippen molar-refractivity contribution in [1.29, 1.82) is 0 Å². The first-order chi connectivity index (χ1) is 15.0. The molecule has 3 heteroatoms. The van der Waals surface area contributed by atoms with Gasteiger partial charge in [0.05, 0.1) is 0 Å². The Kier molecular flexibility index (Phi) is 3.86. The molecule has 6 saturated carbocycles. The fraction of sp³-hybridized carbons (Fsp3) is 0.750. The maximum atomic E-state index is 11.3. The van der Waals surface area contributed by atoms with E-state index in [9.17, 15) is 5.11 Å². The molecular formula is C28H38N2O. The molecule has 0 spiro atoms. The molecule has 166 valence electrons. The Morgan fingerprint density at radius 2 is 1.68 bits per heavy atom. The number of hydrogen-bond acceptors (Lipinski definition) is 3. The predicted molar refractivity (Wildman–Crippen MR) is 124 cm³/mol. The molecule has 0 heterocycles. The van der Waals surface area contributed by atoms with E-state index in [1.807, 2.05) is 0 Å². The third kappa shape index (κ3) is 2.50. The summed E-state index contributed by atoms with van der Waals surface area (Å²) in [4.78, 5) is 0. The highest BCUT2D eigenvalue weighted by atomic mass is 16.3. The van der Waals surface area contributed by atoms with Crippen LogP contribution in [0.4, 0.5) is 0 Å². The lowest BCUT2D eigenvalue weighted by Crippen LogP contribution is -2.48. The molecule has 6 fully saturated rings. The van der Waals surface area contributed by atoms with Crippen LogP contribution in [0.25, 0.3) is 0 Å². The molecular weight excluding hydrogens is 380 g/mol. The van der Waals surface area contributed by atoms with Gasteiger partial charge in [0.25, 0.3) is 0 Å². The van der Waals surface area contributed by atoms with Crippen molar-refractivity contribution < 1.29 is 5.11 Å². The Labute approximate surface area is 186 Å². The fourth-order valence-corrected chi connectivity index (χ4v) is 10.5. The molecule has 0 aliphatic heterocycles. The standard InChI is InChI=1S/C28H38N2O/c1-27-7-6-20-21(23(27)4-5-26(27)30-29)3-2-19-11-25(31)24(12-22(19)20)28-13-16-8-17(14-28)10-18(9-16)15-28/h11-12,16-18,20-21,23,31H,2-10,13-15,29H2,1H3/b30-26+/t16?,17?,18?,20?,21?,23?,27-,28?/m0/s1. The number of nitrogens with zero attached hydrogens (tertiary/aromatic N) is 1. The Morgan fingerprint density at radius 3 is 2.35 bits per heavy atom. The molecule has 4 atom stereocenters. The van der Waals surface area contributed by atoms with Gasteiger partial charge >= 0.3 is 0 Å². The molecule has 3 unspecified atom stereocenters. The van der Waals surface area contributed by atoms with Crippen molar-refractivity contribution >= 4 is 5.71 Å². The number of nitrogens with two attached hydrogens (primary N) is 1. The largest absolute Gasteiger partial charge is 0.508 e. The zero-order valence-electron chi connectivity index (χ0n) is 19.1. The minimum atomic E-state index is 0.229. The third-order valence-electron chi connectivity index (χ3n) is 11.3. The molecule has 8 rings (SSSR count). The summed E-state index contributed by atoms with van der Waals surface area (Å²) in [5.74, 6) is 11.3. The van der Waals surface area contributed by atoms with Gasteiger partial charge in [-0.05, 0) is 135 Å². The summed E-state index contributed by atoms with van der Waals surface area (Å²) in [5.41, 5.74) is 6.18. The summed E-state index contributed by atoms with van der Waals surface area (Å²) in [6.07, 6.45) is 15.6. The number of hydrazone groups is 1. The molecule has 31 heavy (non-hydrogen) atoms. The number of rotatable bonds is 1. The molecule has 1 aromatic carbocycles. The van der Waals surface area contributed by atoms with Crippen molar-refractivity contribution in [3.8, 4) is 5.75 Å². The van der Waals surface area contributed by atoms with Gasteiger partial charge in [-0.25, -0.2) is 0 Å². The summed E-state index contributed by atoms with van der Waals surface area (Å²) in [6.45, 7) is 2.44. The summed E-state index contributed by atoms with van der Waals surface area (Å²) < 4.78 is 0. The minimum absolute atomic E-state index is 0.229.